The minimum absolute atomic E-state index is 0.236. The molecule has 0 radical (unpaired) electrons. The monoisotopic (exact) mass is 539 g/mol. The summed E-state index contributed by atoms with van der Waals surface area (Å²) in [4.78, 5) is 39.5. The molecule has 2 N–H and O–H groups in total. The van der Waals surface area contributed by atoms with Gasteiger partial charge in [-0.25, -0.2) is 4.79 Å². The Morgan fingerprint density at radius 2 is 1.38 bits per heavy atom. The van der Waals surface area contributed by atoms with Gasteiger partial charge in [-0.2, -0.15) is 0 Å². The molecule has 4 aliphatic rings. The van der Waals surface area contributed by atoms with Crippen LogP contribution in [0.4, 0.5) is 5.69 Å². The first-order valence-corrected chi connectivity index (χ1v) is 14.8. The van der Waals surface area contributed by atoms with Gasteiger partial charge in [0.1, 0.15) is 6.04 Å². The second-order valence-corrected chi connectivity index (χ2v) is 11.7. The summed E-state index contributed by atoms with van der Waals surface area (Å²) in [6, 6.07) is 5.35. The van der Waals surface area contributed by atoms with Crippen molar-refractivity contribution in [3.8, 4) is 0 Å². The molecule has 0 spiro atoms. The van der Waals surface area contributed by atoms with Gasteiger partial charge in [0.25, 0.3) is 0 Å². The van der Waals surface area contributed by atoms with Crippen LogP contribution in [0.25, 0.3) is 11.0 Å². The molecule has 1 saturated carbocycles. The van der Waals surface area contributed by atoms with Crippen molar-refractivity contribution in [2.75, 3.05) is 31.1 Å². The smallest absolute Gasteiger partial charge is 0.329 e. The normalized spacial score (nSPS) is 27.7. The summed E-state index contributed by atoms with van der Waals surface area (Å²) in [6.07, 6.45) is 10.6. The molecule has 1 unspecified atom stereocenters. The summed E-state index contributed by atoms with van der Waals surface area (Å²) in [5.41, 5.74) is 2.36. The highest BCUT2D eigenvalue weighted by atomic mass is 16.5. The van der Waals surface area contributed by atoms with E-state index in [9.17, 15) is 14.4 Å². The van der Waals surface area contributed by atoms with Crippen molar-refractivity contribution in [3.05, 3.63) is 28.7 Å². The molecule has 3 aliphatic heterocycles. The largest absolute Gasteiger partial charge is 0.375 e. The molecule has 1 aromatic heterocycles. The van der Waals surface area contributed by atoms with Gasteiger partial charge in [-0.3, -0.25) is 24.0 Å². The second-order valence-electron chi connectivity index (χ2n) is 11.7. The maximum absolute atomic E-state index is 13.1. The highest BCUT2D eigenvalue weighted by Gasteiger charge is 2.32. The molecule has 1 aliphatic carbocycles. The molecule has 0 bridgehead atoms. The molecule has 212 valence electrons. The number of rotatable bonds is 6. The van der Waals surface area contributed by atoms with Crippen LogP contribution >= 0.6 is 0 Å². The van der Waals surface area contributed by atoms with Crippen LogP contribution in [0.1, 0.15) is 70.3 Å². The average molecular weight is 540 g/mol. The molecule has 1 aromatic carbocycles. The predicted molar refractivity (Wildman–Crippen MR) is 148 cm³/mol. The number of imide groups is 1. The van der Waals surface area contributed by atoms with Crippen LogP contribution in [-0.2, 0) is 26.1 Å². The summed E-state index contributed by atoms with van der Waals surface area (Å²) in [6.45, 7) is 3.96. The Labute approximate surface area is 229 Å². The number of anilines is 1. The van der Waals surface area contributed by atoms with Crippen molar-refractivity contribution < 1.29 is 19.1 Å². The van der Waals surface area contributed by atoms with Crippen molar-refractivity contribution in [1.82, 2.24) is 19.8 Å². The van der Waals surface area contributed by atoms with E-state index in [1.54, 1.807) is 11.6 Å². The standard InChI is InChI=1S/C29H41N5O5/c1-32-26-18-19(2-7-24(26)34(29(32)37)25-8-9-27(35)31-28(25)36)33-16-12-23(13-17-33)39-21-5-3-20(4-6-21)38-22-10-14-30-15-11-22/h2,7,18,20-23,25,30H,3-6,8-17H2,1H3,(H,31,35,36). The van der Waals surface area contributed by atoms with Crippen LogP contribution in [-0.4, -0.2) is 71.5 Å². The number of piperidine rings is 3. The SMILES string of the molecule is Cn1c(=O)n(C2CCC(=O)NC2=O)c2ccc(N3CCC(OC4CCC(OC5CCNCC5)CC4)CC3)cc21. The molecule has 39 heavy (non-hydrogen) atoms. The zero-order chi connectivity index (χ0) is 26.9. The van der Waals surface area contributed by atoms with Gasteiger partial charge in [0, 0.05) is 32.2 Å². The molecule has 2 aromatic rings. The number of nitrogens with zero attached hydrogens (tertiary/aromatic N) is 3. The Balaban J connectivity index is 1.03. The Kier molecular flexibility index (Phi) is 7.77. The number of hydrogen-bond acceptors (Lipinski definition) is 7. The zero-order valence-corrected chi connectivity index (χ0v) is 22.9. The van der Waals surface area contributed by atoms with Crippen molar-refractivity contribution in [2.24, 2.45) is 7.05 Å². The third-order valence-corrected chi connectivity index (χ3v) is 9.08. The number of imidazole rings is 1. The number of fused-ring (bicyclic) bond motifs is 1. The molecule has 2 amide bonds. The molecule has 3 saturated heterocycles. The van der Waals surface area contributed by atoms with Gasteiger partial charge < -0.3 is 19.7 Å². The second kappa shape index (κ2) is 11.4. The van der Waals surface area contributed by atoms with Gasteiger partial charge in [0.2, 0.25) is 11.8 Å². The van der Waals surface area contributed by atoms with Crippen molar-refractivity contribution in [1.29, 1.82) is 0 Å². The van der Waals surface area contributed by atoms with Crippen LogP contribution in [0.3, 0.4) is 0 Å². The van der Waals surface area contributed by atoms with Crippen molar-refractivity contribution >= 4 is 28.5 Å². The minimum atomic E-state index is -0.663. The Hall–Kier alpha value is -2.69. The molecule has 1 atom stereocenters. The summed E-state index contributed by atoms with van der Waals surface area (Å²) >= 11 is 0. The van der Waals surface area contributed by atoms with E-state index in [-0.39, 0.29) is 24.1 Å². The molecule has 6 rings (SSSR count). The Morgan fingerprint density at radius 3 is 2.03 bits per heavy atom. The Bertz CT molecular complexity index is 1250. The number of carbonyl (C=O) groups excluding carboxylic acids is 2. The average Bonchev–Trinajstić information content (AvgIpc) is 3.20. The maximum Gasteiger partial charge on any atom is 0.329 e. The lowest BCUT2D eigenvalue weighted by molar-refractivity contribution is -0.135. The lowest BCUT2D eigenvalue weighted by Gasteiger charge is -2.37. The number of benzene rings is 1. The lowest BCUT2D eigenvalue weighted by Crippen LogP contribution is -2.44. The summed E-state index contributed by atoms with van der Waals surface area (Å²) in [7, 11) is 1.74. The van der Waals surface area contributed by atoms with E-state index in [1.807, 2.05) is 18.2 Å². The van der Waals surface area contributed by atoms with E-state index >= 15 is 0 Å². The third-order valence-electron chi connectivity index (χ3n) is 9.08. The fourth-order valence-electron chi connectivity index (χ4n) is 6.81. The van der Waals surface area contributed by atoms with Gasteiger partial charge in [0.05, 0.1) is 35.4 Å². The van der Waals surface area contributed by atoms with Crippen LogP contribution in [0, 0.1) is 0 Å². The lowest BCUT2D eigenvalue weighted by atomic mass is 9.94. The highest BCUT2D eigenvalue weighted by Crippen LogP contribution is 2.31. The summed E-state index contributed by atoms with van der Waals surface area (Å²) < 4.78 is 16.0. The van der Waals surface area contributed by atoms with Crippen LogP contribution in [0.2, 0.25) is 0 Å². The van der Waals surface area contributed by atoms with Gasteiger partial charge in [-0.05, 0) is 89.1 Å². The first-order chi connectivity index (χ1) is 19.0. The van der Waals surface area contributed by atoms with E-state index in [0.717, 1.165) is 94.3 Å². The first-order valence-electron chi connectivity index (χ1n) is 14.8. The van der Waals surface area contributed by atoms with Crippen molar-refractivity contribution in [2.45, 2.75) is 94.7 Å². The number of aryl methyl sites for hydroxylation is 1. The van der Waals surface area contributed by atoms with E-state index in [0.29, 0.717) is 24.7 Å². The van der Waals surface area contributed by atoms with Crippen LogP contribution in [0.5, 0.6) is 0 Å². The quantitative estimate of drug-likeness (QED) is 0.543. The summed E-state index contributed by atoms with van der Waals surface area (Å²) in [5, 5.41) is 5.77. The van der Waals surface area contributed by atoms with Gasteiger partial charge in [-0.15, -0.1) is 0 Å². The molecular formula is C29H41N5O5. The third kappa shape index (κ3) is 5.64. The molecule has 10 nitrogen and oxygen atoms in total. The van der Waals surface area contributed by atoms with Crippen LogP contribution < -0.4 is 21.2 Å². The fraction of sp³-hybridized carbons (Fsp3) is 0.690. The van der Waals surface area contributed by atoms with Gasteiger partial charge in [-0.1, -0.05) is 0 Å². The molecular weight excluding hydrogens is 498 g/mol. The number of carbonyl (C=O) groups is 2. The number of hydrogen-bond donors (Lipinski definition) is 2. The summed E-state index contributed by atoms with van der Waals surface area (Å²) in [5.74, 6) is -0.691. The highest BCUT2D eigenvalue weighted by molar-refractivity contribution is 6.00. The fourth-order valence-corrected chi connectivity index (χ4v) is 6.81. The van der Waals surface area contributed by atoms with E-state index in [1.165, 1.54) is 4.57 Å². The van der Waals surface area contributed by atoms with Gasteiger partial charge >= 0.3 is 5.69 Å². The number of nitrogens with one attached hydrogen (secondary N) is 2. The number of ether oxygens (including phenoxy) is 2. The Morgan fingerprint density at radius 1 is 0.769 bits per heavy atom. The first kappa shape index (κ1) is 26.5. The number of aromatic nitrogens is 2. The van der Waals surface area contributed by atoms with Crippen molar-refractivity contribution in [3.63, 3.8) is 0 Å². The topological polar surface area (TPSA) is 107 Å². The predicted octanol–water partition coefficient (Wildman–Crippen LogP) is 2.38. The maximum atomic E-state index is 13.1. The molecule has 4 fully saturated rings. The minimum Gasteiger partial charge on any atom is -0.375 e. The van der Waals surface area contributed by atoms with Crippen LogP contribution in [0.15, 0.2) is 23.0 Å². The van der Waals surface area contributed by atoms with E-state index < -0.39 is 11.9 Å². The number of amides is 2. The van der Waals surface area contributed by atoms with Gasteiger partial charge in [0.15, 0.2) is 0 Å². The van der Waals surface area contributed by atoms with E-state index in [4.69, 9.17) is 9.47 Å². The molecule has 4 heterocycles. The zero-order valence-electron chi connectivity index (χ0n) is 22.9. The molecule has 10 heteroatoms. The van der Waals surface area contributed by atoms with E-state index in [2.05, 4.69) is 15.5 Å².